The standard InChI is InChI=1S/C18H22N4O/c1-13-11-17(20-22(13)16-5-3-2-4-6-16)18(23)21-10-9-14-7-8-15(12-21)19-14/h2-6,11,14-15,19H,7-10,12H2,1H3. The first-order chi connectivity index (χ1) is 11.2. The van der Waals surface area contributed by atoms with Gasteiger partial charge in [0.1, 0.15) is 0 Å². The van der Waals surface area contributed by atoms with Gasteiger partial charge in [-0.25, -0.2) is 4.68 Å². The number of aryl methyl sites for hydroxylation is 1. The minimum atomic E-state index is 0.0529. The molecule has 120 valence electrons. The molecule has 2 unspecified atom stereocenters. The summed E-state index contributed by atoms with van der Waals surface area (Å²) in [7, 11) is 0. The number of likely N-dealkylation sites (tertiary alicyclic amines) is 1. The molecule has 4 rings (SSSR count). The molecule has 2 atom stereocenters. The summed E-state index contributed by atoms with van der Waals surface area (Å²) in [6.07, 6.45) is 3.46. The van der Waals surface area contributed by atoms with E-state index in [2.05, 4.69) is 10.4 Å². The molecule has 0 saturated carbocycles. The van der Waals surface area contributed by atoms with Crippen LogP contribution in [0.5, 0.6) is 0 Å². The van der Waals surface area contributed by atoms with Crippen LogP contribution in [0.1, 0.15) is 35.4 Å². The van der Waals surface area contributed by atoms with Crippen LogP contribution in [0.4, 0.5) is 0 Å². The summed E-state index contributed by atoms with van der Waals surface area (Å²) in [5, 5.41) is 8.16. The van der Waals surface area contributed by atoms with Crippen LogP contribution >= 0.6 is 0 Å². The van der Waals surface area contributed by atoms with Gasteiger partial charge in [-0.05, 0) is 44.4 Å². The van der Waals surface area contributed by atoms with Crippen LogP contribution in [-0.4, -0.2) is 45.8 Å². The van der Waals surface area contributed by atoms with Crippen molar-refractivity contribution in [2.75, 3.05) is 13.1 Å². The molecule has 1 aromatic carbocycles. The highest BCUT2D eigenvalue weighted by atomic mass is 16.2. The lowest BCUT2D eigenvalue weighted by Gasteiger charge is -2.23. The van der Waals surface area contributed by atoms with Crippen LogP contribution in [-0.2, 0) is 0 Å². The lowest BCUT2D eigenvalue weighted by atomic mass is 10.1. The second-order valence-electron chi connectivity index (χ2n) is 6.60. The molecule has 23 heavy (non-hydrogen) atoms. The summed E-state index contributed by atoms with van der Waals surface area (Å²) in [6, 6.07) is 12.9. The Morgan fingerprint density at radius 3 is 2.78 bits per heavy atom. The molecule has 0 spiro atoms. The molecule has 5 nitrogen and oxygen atoms in total. The van der Waals surface area contributed by atoms with E-state index in [9.17, 15) is 4.79 Å². The normalized spacial score (nSPS) is 23.8. The van der Waals surface area contributed by atoms with E-state index in [0.29, 0.717) is 17.8 Å². The minimum absolute atomic E-state index is 0.0529. The summed E-state index contributed by atoms with van der Waals surface area (Å²) in [5.41, 5.74) is 2.51. The number of rotatable bonds is 2. The van der Waals surface area contributed by atoms with Gasteiger partial charge in [0.15, 0.2) is 5.69 Å². The van der Waals surface area contributed by atoms with Crippen LogP contribution in [0.3, 0.4) is 0 Å². The Balaban J connectivity index is 1.57. The second-order valence-corrected chi connectivity index (χ2v) is 6.60. The Labute approximate surface area is 136 Å². The van der Waals surface area contributed by atoms with Crippen LogP contribution in [0.15, 0.2) is 36.4 Å². The fourth-order valence-electron chi connectivity index (χ4n) is 3.70. The number of carbonyl (C=O) groups excluding carboxylic acids is 1. The number of fused-ring (bicyclic) bond motifs is 2. The van der Waals surface area contributed by atoms with Crippen LogP contribution in [0.2, 0.25) is 0 Å². The molecule has 3 heterocycles. The SMILES string of the molecule is Cc1cc(C(=O)N2CCC3CCC(C2)N3)nn1-c1ccccc1. The number of benzene rings is 1. The number of hydrogen-bond donors (Lipinski definition) is 1. The fourth-order valence-corrected chi connectivity index (χ4v) is 3.70. The predicted octanol–water partition coefficient (Wildman–Crippen LogP) is 2.15. The molecule has 2 bridgehead atoms. The zero-order valence-corrected chi connectivity index (χ0v) is 13.4. The molecule has 1 N–H and O–H groups in total. The molecule has 1 aromatic heterocycles. The fraction of sp³-hybridized carbons (Fsp3) is 0.444. The van der Waals surface area contributed by atoms with Crippen LogP contribution < -0.4 is 5.32 Å². The number of carbonyl (C=O) groups is 1. The Bertz CT molecular complexity index is 709. The molecule has 0 radical (unpaired) electrons. The summed E-state index contributed by atoms with van der Waals surface area (Å²) in [4.78, 5) is 14.8. The van der Waals surface area contributed by atoms with Crippen molar-refractivity contribution in [1.29, 1.82) is 0 Å². The second kappa shape index (κ2) is 5.81. The number of nitrogens with one attached hydrogen (secondary N) is 1. The van der Waals surface area contributed by atoms with E-state index in [1.807, 2.05) is 52.9 Å². The van der Waals surface area contributed by atoms with Gasteiger partial charge in [-0.1, -0.05) is 18.2 Å². The first-order valence-corrected chi connectivity index (χ1v) is 8.38. The van der Waals surface area contributed by atoms with Crippen LogP contribution in [0.25, 0.3) is 5.69 Å². The van der Waals surface area contributed by atoms with Crippen LogP contribution in [0, 0.1) is 6.92 Å². The van der Waals surface area contributed by atoms with E-state index in [0.717, 1.165) is 30.9 Å². The van der Waals surface area contributed by atoms with E-state index >= 15 is 0 Å². The van der Waals surface area contributed by atoms with Gasteiger partial charge in [0.2, 0.25) is 0 Å². The predicted molar refractivity (Wildman–Crippen MR) is 88.8 cm³/mol. The number of hydrogen-bond acceptors (Lipinski definition) is 3. The molecule has 1 amide bonds. The third-order valence-electron chi connectivity index (χ3n) is 4.92. The molecular weight excluding hydrogens is 288 g/mol. The molecule has 2 fully saturated rings. The molecule has 2 aliphatic heterocycles. The number of nitrogens with zero attached hydrogens (tertiary/aromatic N) is 3. The third kappa shape index (κ3) is 2.77. The smallest absolute Gasteiger partial charge is 0.274 e. The topological polar surface area (TPSA) is 50.2 Å². The van der Waals surface area contributed by atoms with E-state index in [1.165, 1.54) is 12.8 Å². The van der Waals surface area contributed by atoms with Gasteiger partial charge in [-0.3, -0.25) is 4.79 Å². The third-order valence-corrected chi connectivity index (χ3v) is 4.92. The minimum Gasteiger partial charge on any atom is -0.336 e. The number of para-hydroxylation sites is 1. The number of amides is 1. The average molecular weight is 310 g/mol. The van der Waals surface area contributed by atoms with Crippen molar-refractivity contribution in [3.05, 3.63) is 47.8 Å². The van der Waals surface area contributed by atoms with E-state index < -0.39 is 0 Å². The van der Waals surface area contributed by atoms with Crippen molar-refractivity contribution in [3.8, 4) is 5.69 Å². The zero-order chi connectivity index (χ0) is 15.8. The lowest BCUT2D eigenvalue weighted by molar-refractivity contribution is 0.0741. The summed E-state index contributed by atoms with van der Waals surface area (Å²) in [5.74, 6) is 0.0529. The Kier molecular flexibility index (Phi) is 3.65. The van der Waals surface area contributed by atoms with Gasteiger partial charge in [0.05, 0.1) is 5.69 Å². The highest BCUT2D eigenvalue weighted by molar-refractivity contribution is 5.92. The highest BCUT2D eigenvalue weighted by Crippen LogP contribution is 2.22. The van der Waals surface area contributed by atoms with Gasteiger partial charge in [0.25, 0.3) is 5.91 Å². The zero-order valence-electron chi connectivity index (χ0n) is 13.4. The summed E-state index contributed by atoms with van der Waals surface area (Å²) < 4.78 is 1.84. The van der Waals surface area contributed by atoms with Gasteiger partial charge in [-0.2, -0.15) is 5.10 Å². The molecule has 5 heteroatoms. The van der Waals surface area contributed by atoms with E-state index in [-0.39, 0.29) is 5.91 Å². The molecule has 2 aromatic rings. The molecule has 2 aliphatic rings. The largest absolute Gasteiger partial charge is 0.336 e. The van der Waals surface area contributed by atoms with Crippen molar-refractivity contribution in [1.82, 2.24) is 20.0 Å². The first-order valence-electron chi connectivity index (χ1n) is 8.38. The maximum Gasteiger partial charge on any atom is 0.274 e. The molecule has 2 saturated heterocycles. The summed E-state index contributed by atoms with van der Waals surface area (Å²) >= 11 is 0. The Morgan fingerprint density at radius 2 is 1.96 bits per heavy atom. The summed E-state index contributed by atoms with van der Waals surface area (Å²) in [6.45, 7) is 3.61. The van der Waals surface area contributed by atoms with Gasteiger partial charge >= 0.3 is 0 Å². The quantitative estimate of drug-likeness (QED) is 0.924. The van der Waals surface area contributed by atoms with Crippen molar-refractivity contribution in [2.45, 2.75) is 38.3 Å². The lowest BCUT2D eigenvalue weighted by Crippen LogP contribution is -2.39. The Morgan fingerprint density at radius 1 is 1.17 bits per heavy atom. The van der Waals surface area contributed by atoms with Crippen molar-refractivity contribution < 1.29 is 4.79 Å². The van der Waals surface area contributed by atoms with E-state index in [1.54, 1.807) is 0 Å². The first kappa shape index (κ1) is 14.5. The monoisotopic (exact) mass is 310 g/mol. The van der Waals surface area contributed by atoms with Crippen molar-refractivity contribution in [3.63, 3.8) is 0 Å². The van der Waals surface area contributed by atoms with Gasteiger partial charge in [0, 0.05) is 30.9 Å². The van der Waals surface area contributed by atoms with E-state index in [4.69, 9.17) is 0 Å². The molecule has 0 aliphatic carbocycles. The van der Waals surface area contributed by atoms with Gasteiger partial charge in [-0.15, -0.1) is 0 Å². The average Bonchev–Trinajstić information content (AvgIpc) is 3.10. The maximum atomic E-state index is 12.8. The highest BCUT2D eigenvalue weighted by Gasteiger charge is 2.32. The molecular formula is C18H22N4O. The maximum absolute atomic E-state index is 12.8. The van der Waals surface area contributed by atoms with Gasteiger partial charge < -0.3 is 10.2 Å². The van der Waals surface area contributed by atoms with Crippen molar-refractivity contribution in [2.24, 2.45) is 0 Å². The van der Waals surface area contributed by atoms with Crippen molar-refractivity contribution >= 4 is 5.91 Å². The number of aromatic nitrogens is 2. The Hall–Kier alpha value is -2.14.